The molecule has 0 amide bonds. The van der Waals surface area contributed by atoms with Crippen molar-refractivity contribution in [1.82, 2.24) is 0 Å². The first-order valence-electron chi connectivity index (χ1n) is 5.30. The summed E-state index contributed by atoms with van der Waals surface area (Å²) in [6.07, 6.45) is 0. The fourth-order valence-electron chi connectivity index (χ4n) is 2.10. The van der Waals surface area contributed by atoms with Crippen LogP contribution in [0.2, 0.25) is 0 Å². The maximum atomic E-state index is 11.1. The molecule has 0 heterocycles. The summed E-state index contributed by atoms with van der Waals surface area (Å²) >= 11 is 0. The molecule has 0 fully saturated rings. The molecule has 2 N–H and O–H groups in total. The van der Waals surface area contributed by atoms with Crippen LogP contribution in [0.4, 0.5) is 0 Å². The summed E-state index contributed by atoms with van der Waals surface area (Å²) in [5.41, 5.74) is 3.84. The second-order valence-corrected chi connectivity index (χ2v) is 4.28. The van der Waals surface area contributed by atoms with E-state index in [1.54, 1.807) is 13.8 Å². The van der Waals surface area contributed by atoms with Gasteiger partial charge in [0.15, 0.2) is 5.92 Å². The first-order chi connectivity index (χ1) is 7.77. The molecule has 0 aliphatic rings. The number of aliphatic carboxylic acids is 2. The third-order valence-corrected chi connectivity index (χ3v) is 3.20. The molecule has 0 unspecified atom stereocenters. The number of aryl methyl sites for hydroxylation is 2. The van der Waals surface area contributed by atoms with Gasteiger partial charge in [-0.3, -0.25) is 9.59 Å². The largest absolute Gasteiger partial charge is 0.480 e. The lowest BCUT2D eigenvalue weighted by Gasteiger charge is -2.18. The van der Waals surface area contributed by atoms with Crippen molar-refractivity contribution in [3.8, 4) is 0 Å². The van der Waals surface area contributed by atoms with Crippen LogP contribution in [0.1, 0.15) is 33.7 Å². The van der Waals surface area contributed by atoms with E-state index in [9.17, 15) is 9.59 Å². The number of carboxylic acids is 2. The van der Waals surface area contributed by atoms with Crippen LogP contribution in [0.15, 0.2) is 6.07 Å². The number of hydrogen-bond donors (Lipinski definition) is 2. The molecule has 0 aliphatic heterocycles. The third-order valence-electron chi connectivity index (χ3n) is 3.20. The monoisotopic (exact) mass is 236 g/mol. The third kappa shape index (κ3) is 2.30. The van der Waals surface area contributed by atoms with Crippen LogP contribution in [-0.2, 0) is 9.59 Å². The van der Waals surface area contributed by atoms with E-state index in [0.717, 1.165) is 16.7 Å². The maximum absolute atomic E-state index is 11.1. The van der Waals surface area contributed by atoms with Gasteiger partial charge in [-0.2, -0.15) is 0 Å². The SMILES string of the molecule is Cc1cc(C)c(C(C(=O)O)C(=O)O)c(C)c1C. The van der Waals surface area contributed by atoms with Crippen molar-refractivity contribution in [2.45, 2.75) is 33.6 Å². The lowest BCUT2D eigenvalue weighted by atomic mass is 9.86. The minimum Gasteiger partial charge on any atom is -0.480 e. The van der Waals surface area contributed by atoms with Gasteiger partial charge in [-0.05, 0) is 55.5 Å². The standard InChI is InChI=1S/C13H16O4/c1-6-5-7(2)10(9(4)8(6)3)11(12(14)15)13(16)17/h5,11H,1-4H3,(H,14,15)(H,16,17). The molecule has 0 saturated heterocycles. The Kier molecular flexibility index (Phi) is 3.56. The summed E-state index contributed by atoms with van der Waals surface area (Å²) in [7, 11) is 0. The molecule has 0 spiro atoms. The second kappa shape index (κ2) is 4.57. The van der Waals surface area contributed by atoms with E-state index in [-0.39, 0.29) is 0 Å². The Morgan fingerprint density at radius 2 is 1.41 bits per heavy atom. The van der Waals surface area contributed by atoms with Crippen molar-refractivity contribution < 1.29 is 19.8 Å². The smallest absolute Gasteiger partial charge is 0.322 e. The van der Waals surface area contributed by atoms with E-state index in [0.29, 0.717) is 11.1 Å². The highest BCUT2D eigenvalue weighted by Crippen LogP contribution is 2.28. The lowest BCUT2D eigenvalue weighted by Crippen LogP contribution is -2.23. The van der Waals surface area contributed by atoms with Crippen LogP contribution in [0.5, 0.6) is 0 Å². The topological polar surface area (TPSA) is 74.6 Å². The molecule has 0 radical (unpaired) electrons. The lowest BCUT2D eigenvalue weighted by molar-refractivity contribution is -0.150. The van der Waals surface area contributed by atoms with Crippen molar-refractivity contribution in [2.75, 3.05) is 0 Å². The average Bonchev–Trinajstić information content (AvgIpc) is 2.19. The highest BCUT2D eigenvalue weighted by Gasteiger charge is 2.31. The Morgan fingerprint density at radius 1 is 0.941 bits per heavy atom. The van der Waals surface area contributed by atoms with Gasteiger partial charge in [0, 0.05) is 0 Å². The van der Waals surface area contributed by atoms with Crippen molar-refractivity contribution in [2.24, 2.45) is 0 Å². The Hall–Kier alpha value is -1.84. The zero-order valence-electron chi connectivity index (χ0n) is 10.4. The zero-order valence-corrected chi connectivity index (χ0v) is 10.4. The number of carbonyl (C=O) groups is 2. The summed E-state index contributed by atoms with van der Waals surface area (Å²) in [5.74, 6) is -4.15. The predicted molar refractivity (Wildman–Crippen MR) is 63.4 cm³/mol. The van der Waals surface area contributed by atoms with E-state index in [1.807, 2.05) is 19.9 Å². The van der Waals surface area contributed by atoms with E-state index in [4.69, 9.17) is 10.2 Å². The minimum absolute atomic E-state index is 0.396. The van der Waals surface area contributed by atoms with Crippen LogP contribution >= 0.6 is 0 Å². The van der Waals surface area contributed by atoms with Gasteiger partial charge in [-0.15, -0.1) is 0 Å². The van der Waals surface area contributed by atoms with E-state index >= 15 is 0 Å². The van der Waals surface area contributed by atoms with Crippen molar-refractivity contribution in [3.63, 3.8) is 0 Å². The summed E-state index contributed by atoms with van der Waals surface area (Å²) in [4.78, 5) is 22.1. The first kappa shape index (κ1) is 13.2. The minimum atomic E-state index is -1.49. The van der Waals surface area contributed by atoms with Crippen molar-refractivity contribution >= 4 is 11.9 Å². The molecule has 1 aromatic rings. The quantitative estimate of drug-likeness (QED) is 0.789. The van der Waals surface area contributed by atoms with Crippen LogP contribution < -0.4 is 0 Å². The van der Waals surface area contributed by atoms with E-state index < -0.39 is 17.9 Å². The molecule has 4 heteroatoms. The number of rotatable bonds is 3. The summed E-state index contributed by atoms with van der Waals surface area (Å²) < 4.78 is 0. The molecule has 1 aromatic carbocycles. The molecule has 0 aliphatic carbocycles. The van der Waals surface area contributed by atoms with Crippen LogP contribution in [0.3, 0.4) is 0 Å². The fraction of sp³-hybridized carbons (Fsp3) is 0.385. The van der Waals surface area contributed by atoms with Gasteiger partial charge in [0.2, 0.25) is 0 Å². The molecule has 0 bridgehead atoms. The Labute approximate surface area is 99.9 Å². The predicted octanol–water partition coefficient (Wildman–Crippen LogP) is 2.17. The molecule has 0 saturated carbocycles. The van der Waals surface area contributed by atoms with E-state index in [1.165, 1.54) is 0 Å². The van der Waals surface area contributed by atoms with Gasteiger partial charge in [0.25, 0.3) is 0 Å². The number of carboxylic acid groups (broad SMARTS) is 2. The Bertz CT molecular complexity index is 475. The Morgan fingerprint density at radius 3 is 1.82 bits per heavy atom. The van der Waals surface area contributed by atoms with Gasteiger partial charge in [0.05, 0.1) is 0 Å². The zero-order chi connectivity index (χ0) is 13.3. The Balaban J connectivity index is 3.54. The number of hydrogen-bond acceptors (Lipinski definition) is 2. The maximum Gasteiger partial charge on any atom is 0.322 e. The van der Waals surface area contributed by atoms with Gasteiger partial charge in [-0.25, -0.2) is 0 Å². The molecule has 0 aromatic heterocycles. The summed E-state index contributed by atoms with van der Waals surface area (Å²) in [6.45, 7) is 7.31. The highest BCUT2D eigenvalue weighted by molar-refractivity contribution is 5.99. The van der Waals surface area contributed by atoms with Crippen LogP contribution in [-0.4, -0.2) is 22.2 Å². The van der Waals surface area contributed by atoms with Gasteiger partial charge in [-0.1, -0.05) is 6.07 Å². The molecule has 4 nitrogen and oxygen atoms in total. The van der Waals surface area contributed by atoms with Crippen molar-refractivity contribution in [3.05, 3.63) is 33.9 Å². The van der Waals surface area contributed by atoms with Crippen LogP contribution in [0.25, 0.3) is 0 Å². The molecule has 0 atom stereocenters. The normalized spacial score (nSPS) is 10.6. The first-order valence-corrected chi connectivity index (χ1v) is 5.30. The molecule has 17 heavy (non-hydrogen) atoms. The number of benzene rings is 1. The molecule has 1 rings (SSSR count). The second-order valence-electron chi connectivity index (χ2n) is 4.28. The fourth-order valence-corrected chi connectivity index (χ4v) is 2.10. The van der Waals surface area contributed by atoms with E-state index in [2.05, 4.69) is 0 Å². The molecule has 92 valence electrons. The van der Waals surface area contributed by atoms with Gasteiger partial charge >= 0.3 is 11.9 Å². The van der Waals surface area contributed by atoms with Gasteiger partial charge in [0.1, 0.15) is 0 Å². The van der Waals surface area contributed by atoms with Crippen LogP contribution in [0, 0.1) is 27.7 Å². The van der Waals surface area contributed by atoms with Gasteiger partial charge < -0.3 is 10.2 Å². The van der Waals surface area contributed by atoms with Crippen molar-refractivity contribution in [1.29, 1.82) is 0 Å². The average molecular weight is 236 g/mol. The summed E-state index contributed by atoms with van der Waals surface area (Å²) in [5, 5.41) is 18.1. The molecular formula is C13H16O4. The summed E-state index contributed by atoms with van der Waals surface area (Å²) in [6, 6.07) is 1.83. The molecular weight excluding hydrogens is 220 g/mol. The highest BCUT2D eigenvalue weighted by atomic mass is 16.4.